The van der Waals surface area contributed by atoms with E-state index in [1.54, 1.807) is 6.20 Å². The van der Waals surface area contributed by atoms with Crippen molar-refractivity contribution in [3.05, 3.63) is 66.1 Å². The molecular weight excluding hydrogens is 388 g/mol. The molecule has 7 nitrogen and oxygen atoms in total. The van der Waals surface area contributed by atoms with Crippen molar-refractivity contribution in [2.24, 2.45) is 0 Å². The molecule has 2 N–H and O–H groups in total. The molecule has 0 unspecified atom stereocenters. The number of aliphatic hydroxyl groups is 1. The number of anilines is 3. The van der Waals surface area contributed by atoms with Crippen molar-refractivity contribution in [3.63, 3.8) is 0 Å². The second-order valence-corrected chi connectivity index (χ2v) is 6.78. The maximum absolute atomic E-state index is 9.26. The molecule has 29 heavy (non-hydrogen) atoms. The van der Waals surface area contributed by atoms with Gasteiger partial charge >= 0.3 is 0 Å². The Bertz CT molecular complexity index is 1130. The first-order valence-electron chi connectivity index (χ1n) is 9.38. The number of halogens is 1. The van der Waals surface area contributed by atoms with Crippen LogP contribution in [0.2, 0.25) is 5.15 Å². The lowest BCUT2D eigenvalue weighted by Gasteiger charge is -2.22. The highest BCUT2D eigenvalue weighted by Gasteiger charge is 2.14. The van der Waals surface area contributed by atoms with E-state index in [1.165, 1.54) is 0 Å². The monoisotopic (exact) mass is 408 g/mol. The quantitative estimate of drug-likeness (QED) is 0.481. The van der Waals surface area contributed by atoms with Crippen LogP contribution in [0.5, 0.6) is 0 Å². The van der Waals surface area contributed by atoms with E-state index in [4.69, 9.17) is 11.6 Å². The average molecular weight is 409 g/mol. The number of rotatable bonds is 7. The zero-order valence-electron chi connectivity index (χ0n) is 16.0. The summed E-state index contributed by atoms with van der Waals surface area (Å²) in [7, 11) is 0. The third-order valence-corrected chi connectivity index (χ3v) is 4.87. The van der Waals surface area contributed by atoms with Crippen LogP contribution in [0.4, 0.5) is 17.3 Å². The van der Waals surface area contributed by atoms with Crippen LogP contribution in [0, 0.1) is 0 Å². The SMILES string of the molecule is CCN(CCO)c1cccc(Nc2nccc(-c3c(Cl)nc4ccccn34)n2)c1. The van der Waals surface area contributed by atoms with Crippen LogP contribution in [0.15, 0.2) is 60.9 Å². The van der Waals surface area contributed by atoms with Gasteiger partial charge in [0.25, 0.3) is 0 Å². The molecule has 3 aromatic heterocycles. The Morgan fingerprint density at radius 3 is 2.86 bits per heavy atom. The number of fused-ring (bicyclic) bond motifs is 1. The van der Waals surface area contributed by atoms with Gasteiger partial charge in [-0.25, -0.2) is 15.0 Å². The van der Waals surface area contributed by atoms with Gasteiger partial charge in [0.1, 0.15) is 11.3 Å². The van der Waals surface area contributed by atoms with Crippen molar-refractivity contribution in [2.75, 3.05) is 29.9 Å². The highest BCUT2D eigenvalue weighted by atomic mass is 35.5. The van der Waals surface area contributed by atoms with E-state index in [0.717, 1.165) is 29.3 Å². The predicted octanol–water partition coefficient (Wildman–Crippen LogP) is 4.01. The maximum Gasteiger partial charge on any atom is 0.227 e. The van der Waals surface area contributed by atoms with E-state index in [9.17, 15) is 5.11 Å². The number of nitrogens with one attached hydrogen (secondary N) is 1. The van der Waals surface area contributed by atoms with E-state index in [0.29, 0.717) is 23.3 Å². The van der Waals surface area contributed by atoms with E-state index in [2.05, 4.69) is 32.1 Å². The normalized spacial score (nSPS) is 11.0. The fraction of sp³-hybridized carbons (Fsp3) is 0.190. The van der Waals surface area contributed by atoms with E-state index >= 15 is 0 Å². The standard InChI is InChI=1S/C21H21ClN6O/c1-2-27(12-13-29)16-7-5-6-15(14-16)24-21-23-10-9-17(25-21)19-20(22)26-18-8-3-4-11-28(18)19/h3-11,14,29H,2,12-13H2,1H3,(H,23,24,25). The number of nitrogens with zero attached hydrogens (tertiary/aromatic N) is 5. The number of hydrogen-bond acceptors (Lipinski definition) is 6. The Morgan fingerprint density at radius 1 is 1.14 bits per heavy atom. The van der Waals surface area contributed by atoms with Crippen molar-refractivity contribution in [3.8, 4) is 11.4 Å². The Kier molecular flexibility index (Phi) is 5.59. The van der Waals surface area contributed by atoms with Crippen LogP contribution < -0.4 is 10.2 Å². The van der Waals surface area contributed by atoms with Gasteiger partial charge < -0.3 is 15.3 Å². The van der Waals surface area contributed by atoms with E-state index in [1.807, 2.05) is 59.1 Å². The second-order valence-electron chi connectivity index (χ2n) is 6.42. The molecule has 0 fully saturated rings. The smallest absolute Gasteiger partial charge is 0.227 e. The lowest BCUT2D eigenvalue weighted by Crippen LogP contribution is -2.26. The lowest BCUT2D eigenvalue weighted by molar-refractivity contribution is 0.302. The van der Waals surface area contributed by atoms with Crippen LogP contribution in [-0.4, -0.2) is 44.2 Å². The van der Waals surface area contributed by atoms with Gasteiger partial charge in [-0.1, -0.05) is 23.7 Å². The summed E-state index contributed by atoms with van der Waals surface area (Å²) in [5, 5.41) is 12.9. The molecule has 4 rings (SSSR count). The third kappa shape index (κ3) is 4.01. The maximum atomic E-state index is 9.26. The molecule has 3 heterocycles. The molecule has 0 bridgehead atoms. The Morgan fingerprint density at radius 2 is 2.03 bits per heavy atom. The van der Waals surface area contributed by atoms with Gasteiger partial charge in [0.15, 0.2) is 5.15 Å². The minimum absolute atomic E-state index is 0.108. The van der Waals surface area contributed by atoms with Gasteiger partial charge in [0, 0.05) is 36.9 Å². The molecule has 4 aromatic rings. The van der Waals surface area contributed by atoms with Crippen molar-refractivity contribution in [2.45, 2.75) is 6.92 Å². The van der Waals surface area contributed by atoms with Crippen molar-refractivity contribution >= 4 is 34.6 Å². The number of pyridine rings is 1. The molecule has 0 aliphatic heterocycles. The fourth-order valence-electron chi connectivity index (χ4n) is 3.25. The Hall–Kier alpha value is -3.16. The second kappa shape index (κ2) is 8.46. The molecule has 8 heteroatoms. The first-order valence-corrected chi connectivity index (χ1v) is 9.76. The van der Waals surface area contributed by atoms with Crippen molar-refractivity contribution < 1.29 is 5.11 Å². The summed E-state index contributed by atoms with van der Waals surface area (Å²) in [6.45, 7) is 3.56. The molecule has 0 amide bonds. The first kappa shape index (κ1) is 19.2. The fourth-order valence-corrected chi connectivity index (χ4v) is 3.52. The minimum Gasteiger partial charge on any atom is -0.395 e. The molecule has 0 atom stereocenters. The van der Waals surface area contributed by atoms with E-state index in [-0.39, 0.29) is 6.61 Å². The molecule has 148 valence electrons. The molecule has 0 saturated heterocycles. The number of likely N-dealkylation sites (N-methyl/N-ethyl adjacent to an activating group) is 1. The number of aliphatic hydroxyl groups excluding tert-OH is 1. The zero-order chi connectivity index (χ0) is 20.2. The summed E-state index contributed by atoms with van der Waals surface area (Å²) < 4.78 is 1.91. The van der Waals surface area contributed by atoms with Crippen LogP contribution in [0.3, 0.4) is 0 Å². The summed E-state index contributed by atoms with van der Waals surface area (Å²) in [6, 6.07) is 15.5. The molecule has 0 aliphatic carbocycles. The summed E-state index contributed by atoms with van der Waals surface area (Å²) >= 11 is 6.38. The average Bonchev–Trinajstić information content (AvgIpc) is 3.08. The topological polar surface area (TPSA) is 78.6 Å². The van der Waals surface area contributed by atoms with Crippen LogP contribution in [-0.2, 0) is 0 Å². The molecular formula is C21H21ClN6O. The van der Waals surface area contributed by atoms with Gasteiger partial charge in [-0.3, -0.25) is 4.40 Å². The zero-order valence-corrected chi connectivity index (χ0v) is 16.7. The Balaban J connectivity index is 1.64. The van der Waals surface area contributed by atoms with Gasteiger partial charge in [0.2, 0.25) is 5.95 Å². The van der Waals surface area contributed by atoms with Crippen molar-refractivity contribution in [1.82, 2.24) is 19.4 Å². The van der Waals surface area contributed by atoms with Crippen LogP contribution >= 0.6 is 11.6 Å². The molecule has 0 spiro atoms. The first-order chi connectivity index (χ1) is 14.2. The molecule has 0 radical (unpaired) electrons. The Labute approximate surface area is 173 Å². The van der Waals surface area contributed by atoms with Crippen LogP contribution in [0.1, 0.15) is 6.92 Å². The van der Waals surface area contributed by atoms with Crippen LogP contribution in [0.25, 0.3) is 17.0 Å². The van der Waals surface area contributed by atoms with Gasteiger partial charge in [-0.05, 0) is 43.3 Å². The summed E-state index contributed by atoms with van der Waals surface area (Å²) in [5.74, 6) is 0.465. The molecule has 0 saturated carbocycles. The van der Waals surface area contributed by atoms with Gasteiger partial charge in [-0.15, -0.1) is 0 Å². The highest BCUT2D eigenvalue weighted by molar-refractivity contribution is 6.32. The van der Waals surface area contributed by atoms with Crippen molar-refractivity contribution in [1.29, 1.82) is 0 Å². The summed E-state index contributed by atoms with van der Waals surface area (Å²) in [5.41, 5.74) is 4.05. The number of hydrogen-bond donors (Lipinski definition) is 2. The summed E-state index contributed by atoms with van der Waals surface area (Å²) in [4.78, 5) is 15.4. The van der Waals surface area contributed by atoms with E-state index < -0.39 is 0 Å². The highest BCUT2D eigenvalue weighted by Crippen LogP contribution is 2.28. The number of benzene rings is 1. The minimum atomic E-state index is 0.108. The molecule has 0 aliphatic rings. The predicted molar refractivity (Wildman–Crippen MR) is 116 cm³/mol. The largest absolute Gasteiger partial charge is 0.395 e. The summed E-state index contributed by atoms with van der Waals surface area (Å²) in [6.07, 6.45) is 3.60. The van der Waals surface area contributed by atoms with Gasteiger partial charge in [0.05, 0.1) is 12.3 Å². The lowest BCUT2D eigenvalue weighted by atomic mass is 10.2. The molecule has 1 aromatic carbocycles. The number of imidazole rings is 1. The number of aromatic nitrogens is 4. The van der Waals surface area contributed by atoms with Gasteiger partial charge in [-0.2, -0.15) is 0 Å². The third-order valence-electron chi connectivity index (χ3n) is 4.60.